The number of hydrogen-bond donors (Lipinski definition) is 1. The summed E-state index contributed by atoms with van der Waals surface area (Å²) in [6.45, 7) is 3.94. The van der Waals surface area contributed by atoms with Crippen molar-refractivity contribution in [1.82, 2.24) is 9.97 Å². The highest BCUT2D eigenvalue weighted by Crippen LogP contribution is 2.29. The lowest BCUT2D eigenvalue weighted by Crippen LogP contribution is -2.16. The summed E-state index contributed by atoms with van der Waals surface area (Å²) in [5, 5.41) is 2.70. The van der Waals surface area contributed by atoms with Crippen LogP contribution in [0.4, 0.5) is 5.69 Å². The molecule has 6 heteroatoms. The van der Waals surface area contributed by atoms with Gasteiger partial charge in [0.15, 0.2) is 5.69 Å². The van der Waals surface area contributed by atoms with Crippen molar-refractivity contribution in [3.05, 3.63) is 6.33 Å². The van der Waals surface area contributed by atoms with E-state index < -0.39 is 0 Å². The molecule has 1 amide bonds. The highest BCUT2D eigenvalue weighted by Gasteiger charge is 2.16. The number of nitrogens with one attached hydrogen (secondary N) is 1. The van der Waals surface area contributed by atoms with E-state index >= 15 is 0 Å². The SMILES string of the molecule is COc1ncnc(OC)c1NC(=O)CC(C)C. The van der Waals surface area contributed by atoms with E-state index in [1.165, 1.54) is 20.5 Å². The lowest BCUT2D eigenvalue weighted by atomic mass is 10.1. The number of methoxy groups -OCH3 is 2. The molecule has 0 spiro atoms. The Morgan fingerprint density at radius 1 is 1.29 bits per heavy atom. The Kier molecular flexibility index (Phi) is 4.68. The Bertz CT molecular complexity index is 371. The third kappa shape index (κ3) is 3.58. The number of carbonyl (C=O) groups is 1. The van der Waals surface area contributed by atoms with Crippen molar-refractivity contribution >= 4 is 11.6 Å². The number of carbonyl (C=O) groups excluding carboxylic acids is 1. The van der Waals surface area contributed by atoms with E-state index in [-0.39, 0.29) is 23.6 Å². The van der Waals surface area contributed by atoms with Gasteiger partial charge in [-0.25, -0.2) is 0 Å². The van der Waals surface area contributed by atoms with Crippen LogP contribution in [0.15, 0.2) is 6.33 Å². The van der Waals surface area contributed by atoms with Crippen LogP contribution < -0.4 is 14.8 Å². The molecule has 0 unspecified atom stereocenters. The molecule has 0 saturated carbocycles. The Balaban J connectivity index is 2.91. The van der Waals surface area contributed by atoms with E-state index in [4.69, 9.17) is 9.47 Å². The molecule has 0 radical (unpaired) electrons. The fourth-order valence-electron chi connectivity index (χ4n) is 1.33. The molecule has 0 aromatic carbocycles. The van der Waals surface area contributed by atoms with Gasteiger partial charge in [-0.05, 0) is 5.92 Å². The van der Waals surface area contributed by atoms with Crippen molar-refractivity contribution in [3.63, 3.8) is 0 Å². The predicted molar refractivity (Wildman–Crippen MR) is 63.2 cm³/mol. The summed E-state index contributed by atoms with van der Waals surface area (Å²) in [5.74, 6) is 0.728. The van der Waals surface area contributed by atoms with Crippen molar-refractivity contribution in [1.29, 1.82) is 0 Å². The Labute approximate surface area is 100 Å². The molecule has 0 aliphatic carbocycles. The second-order valence-electron chi connectivity index (χ2n) is 3.91. The molecule has 1 N–H and O–H groups in total. The van der Waals surface area contributed by atoms with Gasteiger partial charge in [-0.1, -0.05) is 13.8 Å². The smallest absolute Gasteiger partial charge is 0.244 e. The predicted octanol–water partition coefficient (Wildman–Crippen LogP) is 1.48. The van der Waals surface area contributed by atoms with Crippen LogP contribution >= 0.6 is 0 Å². The van der Waals surface area contributed by atoms with Gasteiger partial charge in [-0.15, -0.1) is 0 Å². The topological polar surface area (TPSA) is 73.3 Å². The highest BCUT2D eigenvalue weighted by atomic mass is 16.5. The van der Waals surface area contributed by atoms with Crippen LogP contribution in [-0.4, -0.2) is 30.1 Å². The first kappa shape index (κ1) is 13.2. The molecule has 1 heterocycles. The second kappa shape index (κ2) is 6.03. The molecule has 0 atom stereocenters. The second-order valence-corrected chi connectivity index (χ2v) is 3.91. The maximum absolute atomic E-state index is 11.7. The quantitative estimate of drug-likeness (QED) is 0.842. The van der Waals surface area contributed by atoms with Crippen molar-refractivity contribution in [3.8, 4) is 11.8 Å². The first-order chi connectivity index (χ1) is 8.08. The van der Waals surface area contributed by atoms with Gasteiger partial charge >= 0.3 is 0 Å². The standard InChI is InChI=1S/C11H17N3O3/c1-7(2)5-8(15)14-9-10(16-3)12-6-13-11(9)17-4/h6-7H,5H2,1-4H3,(H,14,15). The number of ether oxygens (including phenoxy) is 2. The molecule has 0 fully saturated rings. The van der Waals surface area contributed by atoms with Crippen LogP contribution in [0.25, 0.3) is 0 Å². The molecule has 1 aromatic heterocycles. The van der Waals surface area contributed by atoms with Crippen LogP contribution in [-0.2, 0) is 4.79 Å². The van der Waals surface area contributed by atoms with Gasteiger partial charge in [-0.3, -0.25) is 4.79 Å². The summed E-state index contributed by atoms with van der Waals surface area (Å²) in [6.07, 6.45) is 1.73. The average molecular weight is 239 g/mol. The minimum absolute atomic E-state index is 0.119. The molecule has 17 heavy (non-hydrogen) atoms. The fraction of sp³-hybridized carbons (Fsp3) is 0.545. The summed E-state index contributed by atoms with van der Waals surface area (Å²) < 4.78 is 10.1. The van der Waals surface area contributed by atoms with E-state index in [0.29, 0.717) is 12.1 Å². The van der Waals surface area contributed by atoms with Crippen LogP contribution in [0.2, 0.25) is 0 Å². The molecular weight excluding hydrogens is 222 g/mol. The number of aromatic nitrogens is 2. The van der Waals surface area contributed by atoms with Crippen LogP contribution in [0.5, 0.6) is 11.8 Å². The monoisotopic (exact) mass is 239 g/mol. The maximum atomic E-state index is 11.7. The minimum Gasteiger partial charge on any atom is -0.479 e. The molecular formula is C11H17N3O3. The molecule has 1 rings (SSSR count). The van der Waals surface area contributed by atoms with Crippen LogP contribution in [0.1, 0.15) is 20.3 Å². The third-order valence-electron chi connectivity index (χ3n) is 2.02. The van der Waals surface area contributed by atoms with Crippen LogP contribution in [0, 0.1) is 5.92 Å². The van der Waals surface area contributed by atoms with Crippen molar-refractivity contribution < 1.29 is 14.3 Å². The van der Waals surface area contributed by atoms with Gasteiger partial charge < -0.3 is 14.8 Å². The van der Waals surface area contributed by atoms with E-state index in [1.54, 1.807) is 0 Å². The summed E-state index contributed by atoms with van der Waals surface area (Å²) in [5.41, 5.74) is 0.364. The highest BCUT2D eigenvalue weighted by molar-refractivity contribution is 5.93. The zero-order valence-corrected chi connectivity index (χ0v) is 10.5. The molecule has 0 aliphatic heterocycles. The number of amides is 1. The van der Waals surface area contributed by atoms with Crippen molar-refractivity contribution in [2.24, 2.45) is 5.92 Å². The van der Waals surface area contributed by atoms with Crippen molar-refractivity contribution in [2.75, 3.05) is 19.5 Å². The van der Waals surface area contributed by atoms with Gasteiger partial charge in [-0.2, -0.15) is 9.97 Å². The summed E-state index contributed by atoms with van der Waals surface area (Å²) >= 11 is 0. The normalized spacial score (nSPS) is 10.2. The Morgan fingerprint density at radius 2 is 1.82 bits per heavy atom. The molecule has 0 saturated heterocycles. The van der Waals surface area contributed by atoms with E-state index in [9.17, 15) is 4.79 Å². The molecule has 0 aliphatic rings. The van der Waals surface area contributed by atoms with E-state index in [2.05, 4.69) is 15.3 Å². The van der Waals surface area contributed by atoms with Gasteiger partial charge in [0.2, 0.25) is 17.7 Å². The molecule has 6 nitrogen and oxygen atoms in total. The molecule has 94 valence electrons. The van der Waals surface area contributed by atoms with Gasteiger partial charge in [0.05, 0.1) is 14.2 Å². The van der Waals surface area contributed by atoms with Gasteiger partial charge in [0, 0.05) is 6.42 Å². The maximum Gasteiger partial charge on any atom is 0.244 e. The summed E-state index contributed by atoms with van der Waals surface area (Å²) in [4.78, 5) is 19.5. The van der Waals surface area contributed by atoms with Crippen LogP contribution in [0.3, 0.4) is 0 Å². The fourth-order valence-corrected chi connectivity index (χ4v) is 1.33. The first-order valence-electron chi connectivity index (χ1n) is 5.31. The van der Waals surface area contributed by atoms with E-state index in [1.807, 2.05) is 13.8 Å². The lowest BCUT2D eigenvalue weighted by molar-refractivity contribution is -0.116. The summed E-state index contributed by atoms with van der Waals surface area (Å²) in [6, 6.07) is 0. The summed E-state index contributed by atoms with van der Waals surface area (Å²) in [7, 11) is 2.94. The lowest BCUT2D eigenvalue weighted by Gasteiger charge is -2.12. The van der Waals surface area contributed by atoms with Gasteiger partial charge in [0.1, 0.15) is 6.33 Å². The number of hydrogen-bond acceptors (Lipinski definition) is 5. The first-order valence-corrected chi connectivity index (χ1v) is 5.31. The Morgan fingerprint density at radius 3 is 2.24 bits per heavy atom. The largest absolute Gasteiger partial charge is 0.479 e. The zero-order valence-electron chi connectivity index (χ0n) is 10.5. The number of rotatable bonds is 5. The zero-order chi connectivity index (χ0) is 12.8. The Hall–Kier alpha value is -1.85. The molecule has 0 bridgehead atoms. The van der Waals surface area contributed by atoms with E-state index in [0.717, 1.165) is 0 Å². The van der Waals surface area contributed by atoms with Gasteiger partial charge in [0.25, 0.3) is 0 Å². The average Bonchev–Trinajstić information content (AvgIpc) is 2.28. The molecule has 1 aromatic rings. The number of nitrogens with zero attached hydrogens (tertiary/aromatic N) is 2. The third-order valence-corrected chi connectivity index (χ3v) is 2.02. The van der Waals surface area contributed by atoms with Crippen molar-refractivity contribution in [2.45, 2.75) is 20.3 Å². The minimum atomic E-state index is -0.119. The number of anilines is 1.